The van der Waals surface area contributed by atoms with E-state index in [-0.39, 0.29) is 12.4 Å². The van der Waals surface area contributed by atoms with Crippen molar-refractivity contribution in [1.82, 2.24) is 0 Å². The van der Waals surface area contributed by atoms with Crippen LogP contribution < -0.4 is 4.90 Å². The van der Waals surface area contributed by atoms with Gasteiger partial charge in [-0.25, -0.2) is 4.79 Å². The smallest absolute Gasteiger partial charge is 0.414 e. The molecule has 1 N–H and O–H groups in total. The van der Waals surface area contributed by atoms with Gasteiger partial charge in [-0.3, -0.25) is 4.90 Å². The second kappa shape index (κ2) is 7.53. The Kier molecular flexibility index (Phi) is 5.00. The largest absolute Gasteiger partial charge is 0.508 e. The van der Waals surface area contributed by atoms with E-state index in [0.717, 1.165) is 22.4 Å². The van der Waals surface area contributed by atoms with E-state index in [1.54, 1.807) is 25.2 Å². The summed E-state index contributed by atoms with van der Waals surface area (Å²) in [5.41, 5.74) is 3.46. The normalized spacial score (nSPS) is 10.3. The fourth-order valence-corrected chi connectivity index (χ4v) is 2.50. The maximum Gasteiger partial charge on any atom is 0.414 e. The molecule has 0 aliphatic rings. The predicted octanol–water partition coefficient (Wildman–Crippen LogP) is 4.83. The lowest BCUT2D eigenvalue weighted by Crippen LogP contribution is -2.26. The average molecular weight is 333 g/mol. The first kappa shape index (κ1) is 16.6. The Morgan fingerprint density at radius 3 is 2.32 bits per heavy atom. The Bertz CT molecular complexity index is 862. The molecule has 0 aliphatic heterocycles. The lowest BCUT2D eigenvalue weighted by atomic mass is 10.0. The number of carbonyl (C=O) groups is 1. The van der Waals surface area contributed by atoms with Gasteiger partial charge < -0.3 is 9.84 Å². The van der Waals surface area contributed by atoms with Crippen LogP contribution in [0.5, 0.6) is 5.75 Å². The number of rotatable bonds is 4. The molecule has 0 spiro atoms. The van der Waals surface area contributed by atoms with Crippen molar-refractivity contribution in [2.75, 3.05) is 11.9 Å². The summed E-state index contributed by atoms with van der Waals surface area (Å²) < 4.78 is 5.36. The van der Waals surface area contributed by atoms with Gasteiger partial charge in [0.25, 0.3) is 0 Å². The molecule has 25 heavy (non-hydrogen) atoms. The maximum atomic E-state index is 12.3. The number of carbonyl (C=O) groups excluding carboxylic acids is 1. The van der Waals surface area contributed by atoms with Gasteiger partial charge in [0.05, 0.1) is 0 Å². The summed E-state index contributed by atoms with van der Waals surface area (Å²) in [6.07, 6.45) is -0.420. The highest BCUT2D eigenvalue weighted by Crippen LogP contribution is 2.27. The molecule has 0 aromatic heterocycles. The standard InChI is InChI=1S/C21H19NO3/c1-22(21(24)25-15-16-7-3-2-4-8-16)19-11-5-9-17(13-19)18-10-6-12-20(23)14-18/h2-14,23H,15H2,1H3. The SMILES string of the molecule is CN(C(=O)OCc1ccccc1)c1cccc(-c2cccc(O)c2)c1. The van der Waals surface area contributed by atoms with Gasteiger partial charge in [0, 0.05) is 12.7 Å². The molecular formula is C21H19NO3. The lowest BCUT2D eigenvalue weighted by Gasteiger charge is -2.18. The fourth-order valence-electron chi connectivity index (χ4n) is 2.50. The second-order valence-electron chi connectivity index (χ2n) is 5.70. The van der Waals surface area contributed by atoms with Crippen molar-refractivity contribution in [2.24, 2.45) is 0 Å². The zero-order valence-corrected chi connectivity index (χ0v) is 13.9. The number of phenols is 1. The predicted molar refractivity (Wildman–Crippen MR) is 98.6 cm³/mol. The first-order valence-electron chi connectivity index (χ1n) is 7.97. The van der Waals surface area contributed by atoms with Crippen molar-refractivity contribution in [3.05, 3.63) is 84.4 Å². The number of benzene rings is 3. The van der Waals surface area contributed by atoms with E-state index >= 15 is 0 Å². The first-order valence-corrected chi connectivity index (χ1v) is 7.97. The zero-order valence-electron chi connectivity index (χ0n) is 13.9. The van der Waals surface area contributed by atoms with Gasteiger partial charge in [-0.2, -0.15) is 0 Å². The Labute approximate surface area is 146 Å². The Hall–Kier alpha value is -3.27. The summed E-state index contributed by atoms with van der Waals surface area (Å²) in [5.74, 6) is 0.207. The number of aromatic hydroxyl groups is 1. The van der Waals surface area contributed by atoms with Crippen LogP contribution in [0.1, 0.15) is 5.56 Å². The molecule has 0 saturated heterocycles. The Morgan fingerprint density at radius 1 is 0.920 bits per heavy atom. The number of anilines is 1. The molecule has 0 unspecified atom stereocenters. The van der Waals surface area contributed by atoms with Gasteiger partial charge >= 0.3 is 6.09 Å². The molecule has 126 valence electrons. The van der Waals surface area contributed by atoms with Crippen LogP contribution in [0.4, 0.5) is 10.5 Å². The number of hydrogen-bond acceptors (Lipinski definition) is 3. The molecule has 0 atom stereocenters. The van der Waals surface area contributed by atoms with Crippen LogP contribution in [-0.4, -0.2) is 18.2 Å². The van der Waals surface area contributed by atoms with Gasteiger partial charge in [-0.05, 0) is 41.0 Å². The molecule has 0 saturated carbocycles. The summed E-state index contributed by atoms with van der Waals surface area (Å²) in [6, 6.07) is 24.1. The number of amides is 1. The van der Waals surface area contributed by atoms with Gasteiger partial charge in [0.2, 0.25) is 0 Å². The summed E-state index contributed by atoms with van der Waals surface area (Å²) in [4.78, 5) is 13.7. The molecule has 4 heteroatoms. The van der Waals surface area contributed by atoms with E-state index in [0.29, 0.717) is 0 Å². The average Bonchev–Trinajstić information content (AvgIpc) is 2.66. The Morgan fingerprint density at radius 2 is 1.60 bits per heavy atom. The highest BCUT2D eigenvalue weighted by atomic mass is 16.6. The van der Waals surface area contributed by atoms with Crippen LogP contribution in [0, 0.1) is 0 Å². The molecular weight excluding hydrogens is 314 g/mol. The Balaban J connectivity index is 1.72. The second-order valence-corrected chi connectivity index (χ2v) is 5.70. The minimum Gasteiger partial charge on any atom is -0.508 e. The third-order valence-corrected chi connectivity index (χ3v) is 3.89. The van der Waals surface area contributed by atoms with Gasteiger partial charge in [-0.15, -0.1) is 0 Å². The molecule has 3 rings (SSSR count). The number of ether oxygens (including phenoxy) is 1. The molecule has 0 aliphatic carbocycles. The molecule has 1 amide bonds. The van der Waals surface area contributed by atoms with Crippen LogP contribution in [0.3, 0.4) is 0 Å². The van der Waals surface area contributed by atoms with E-state index in [9.17, 15) is 9.90 Å². The van der Waals surface area contributed by atoms with Gasteiger partial charge in [0.1, 0.15) is 12.4 Å². The van der Waals surface area contributed by atoms with E-state index in [4.69, 9.17) is 4.74 Å². The van der Waals surface area contributed by atoms with E-state index in [1.807, 2.05) is 60.7 Å². The third kappa shape index (κ3) is 4.18. The number of phenolic OH excluding ortho intramolecular Hbond substituents is 1. The monoisotopic (exact) mass is 333 g/mol. The van der Waals surface area contributed by atoms with E-state index in [2.05, 4.69) is 0 Å². The van der Waals surface area contributed by atoms with E-state index < -0.39 is 6.09 Å². The topological polar surface area (TPSA) is 49.8 Å². The molecule has 0 radical (unpaired) electrons. The third-order valence-electron chi connectivity index (χ3n) is 3.89. The van der Waals surface area contributed by atoms with Crippen LogP contribution in [0.25, 0.3) is 11.1 Å². The highest BCUT2D eigenvalue weighted by molar-refractivity contribution is 5.88. The minimum atomic E-state index is -0.420. The number of nitrogens with zero attached hydrogens (tertiary/aromatic N) is 1. The molecule has 3 aromatic rings. The molecule has 0 heterocycles. The summed E-state index contributed by atoms with van der Waals surface area (Å²) in [5, 5.41) is 9.63. The minimum absolute atomic E-state index is 0.207. The summed E-state index contributed by atoms with van der Waals surface area (Å²) >= 11 is 0. The first-order chi connectivity index (χ1) is 12.1. The quantitative estimate of drug-likeness (QED) is 0.744. The zero-order chi connectivity index (χ0) is 17.6. The molecule has 3 aromatic carbocycles. The van der Waals surface area contributed by atoms with Crippen molar-refractivity contribution in [1.29, 1.82) is 0 Å². The van der Waals surface area contributed by atoms with Crippen LogP contribution in [0.15, 0.2) is 78.9 Å². The van der Waals surface area contributed by atoms with E-state index in [1.165, 1.54) is 4.90 Å². The van der Waals surface area contributed by atoms with Crippen LogP contribution >= 0.6 is 0 Å². The van der Waals surface area contributed by atoms with Gasteiger partial charge in [0.15, 0.2) is 0 Å². The van der Waals surface area contributed by atoms with Crippen molar-refractivity contribution in [3.63, 3.8) is 0 Å². The van der Waals surface area contributed by atoms with Crippen molar-refractivity contribution >= 4 is 11.8 Å². The van der Waals surface area contributed by atoms with Gasteiger partial charge in [-0.1, -0.05) is 54.6 Å². The van der Waals surface area contributed by atoms with Crippen LogP contribution in [0.2, 0.25) is 0 Å². The fraction of sp³-hybridized carbons (Fsp3) is 0.0952. The summed E-state index contributed by atoms with van der Waals surface area (Å²) in [7, 11) is 1.68. The number of hydrogen-bond donors (Lipinski definition) is 1. The molecule has 0 bridgehead atoms. The van der Waals surface area contributed by atoms with Crippen molar-refractivity contribution in [2.45, 2.75) is 6.61 Å². The molecule has 0 fully saturated rings. The van der Waals surface area contributed by atoms with Crippen molar-refractivity contribution in [3.8, 4) is 16.9 Å². The maximum absolute atomic E-state index is 12.3. The molecule has 4 nitrogen and oxygen atoms in total. The van der Waals surface area contributed by atoms with Crippen LogP contribution in [-0.2, 0) is 11.3 Å². The summed E-state index contributed by atoms with van der Waals surface area (Å²) in [6.45, 7) is 0.232. The van der Waals surface area contributed by atoms with Crippen molar-refractivity contribution < 1.29 is 14.6 Å². The highest BCUT2D eigenvalue weighted by Gasteiger charge is 2.13. The lowest BCUT2D eigenvalue weighted by molar-refractivity contribution is 0.148.